The molecule has 6 nitrogen and oxygen atoms in total. The van der Waals surface area contributed by atoms with Crippen molar-refractivity contribution in [3.05, 3.63) is 12.2 Å². The molecule has 0 N–H and O–H groups in total. The van der Waals surface area contributed by atoms with Crippen LogP contribution in [0.5, 0.6) is 0 Å². The van der Waals surface area contributed by atoms with E-state index in [0.29, 0.717) is 19.3 Å². The molecule has 0 amide bonds. The molecular formula is C56H106O6. The summed E-state index contributed by atoms with van der Waals surface area (Å²) in [4.78, 5) is 37.9. The first kappa shape index (κ1) is 60.2. The molecule has 0 saturated heterocycles. The molecule has 0 aliphatic heterocycles. The molecule has 0 bridgehead atoms. The largest absolute Gasteiger partial charge is 0.462 e. The maximum atomic E-state index is 12.8. The summed E-state index contributed by atoms with van der Waals surface area (Å²) in [7, 11) is 0. The minimum atomic E-state index is -0.767. The van der Waals surface area contributed by atoms with Crippen molar-refractivity contribution in [2.45, 2.75) is 316 Å². The van der Waals surface area contributed by atoms with E-state index in [2.05, 4.69) is 32.9 Å². The Labute approximate surface area is 386 Å². The number of rotatable bonds is 51. The van der Waals surface area contributed by atoms with Crippen LogP contribution in [0, 0.1) is 0 Å². The van der Waals surface area contributed by atoms with E-state index in [0.717, 1.165) is 64.2 Å². The zero-order valence-electron chi connectivity index (χ0n) is 41.9. The Bertz CT molecular complexity index is 962. The summed E-state index contributed by atoms with van der Waals surface area (Å²) in [6, 6.07) is 0. The van der Waals surface area contributed by atoms with Gasteiger partial charge in [-0.25, -0.2) is 0 Å². The quantitative estimate of drug-likeness (QED) is 0.0262. The van der Waals surface area contributed by atoms with Crippen LogP contribution in [0.4, 0.5) is 0 Å². The van der Waals surface area contributed by atoms with Crippen LogP contribution in [-0.4, -0.2) is 37.2 Å². The SMILES string of the molecule is CCCCCCCCC/C=C\CCCCCCCC(=O)OC(COC(=O)CCCCCCCCCC)COC(=O)CCCCCCCCCCCCCCCCCCCCCC. The first-order chi connectivity index (χ1) is 30.5. The lowest BCUT2D eigenvalue weighted by atomic mass is 10.0. The summed E-state index contributed by atoms with van der Waals surface area (Å²) >= 11 is 0. The highest BCUT2D eigenvalue weighted by molar-refractivity contribution is 5.71. The second-order valence-electron chi connectivity index (χ2n) is 18.9. The molecule has 0 aromatic carbocycles. The minimum Gasteiger partial charge on any atom is -0.462 e. The van der Waals surface area contributed by atoms with Gasteiger partial charge in [0.05, 0.1) is 0 Å². The highest BCUT2D eigenvalue weighted by Gasteiger charge is 2.19. The van der Waals surface area contributed by atoms with Gasteiger partial charge in [-0.05, 0) is 44.9 Å². The first-order valence-corrected chi connectivity index (χ1v) is 27.7. The third-order valence-electron chi connectivity index (χ3n) is 12.5. The average molecular weight is 875 g/mol. The second kappa shape index (κ2) is 51.8. The number of hydrogen-bond acceptors (Lipinski definition) is 6. The molecule has 62 heavy (non-hydrogen) atoms. The summed E-state index contributed by atoms with van der Waals surface area (Å²) in [6.07, 6.45) is 57.9. The maximum absolute atomic E-state index is 12.8. The van der Waals surface area contributed by atoms with Crippen molar-refractivity contribution in [2.75, 3.05) is 13.2 Å². The zero-order valence-corrected chi connectivity index (χ0v) is 41.9. The van der Waals surface area contributed by atoms with E-state index >= 15 is 0 Å². The highest BCUT2D eigenvalue weighted by atomic mass is 16.6. The molecule has 1 atom stereocenters. The zero-order chi connectivity index (χ0) is 45.1. The van der Waals surface area contributed by atoms with Gasteiger partial charge in [0.1, 0.15) is 13.2 Å². The van der Waals surface area contributed by atoms with Crippen LogP contribution in [0.3, 0.4) is 0 Å². The van der Waals surface area contributed by atoms with Gasteiger partial charge in [-0.15, -0.1) is 0 Å². The number of esters is 3. The Morgan fingerprint density at radius 3 is 0.806 bits per heavy atom. The Kier molecular flexibility index (Phi) is 50.2. The van der Waals surface area contributed by atoms with Gasteiger partial charge in [0, 0.05) is 19.3 Å². The molecule has 0 aliphatic rings. The van der Waals surface area contributed by atoms with Gasteiger partial charge in [0.15, 0.2) is 6.10 Å². The van der Waals surface area contributed by atoms with Gasteiger partial charge in [-0.3, -0.25) is 14.4 Å². The van der Waals surface area contributed by atoms with E-state index in [1.807, 2.05) is 0 Å². The highest BCUT2D eigenvalue weighted by Crippen LogP contribution is 2.17. The number of ether oxygens (including phenoxy) is 3. The molecule has 0 saturated carbocycles. The van der Waals surface area contributed by atoms with Gasteiger partial charge in [-0.1, -0.05) is 258 Å². The van der Waals surface area contributed by atoms with E-state index in [9.17, 15) is 14.4 Å². The van der Waals surface area contributed by atoms with Crippen LogP contribution >= 0.6 is 0 Å². The Morgan fingerprint density at radius 2 is 0.532 bits per heavy atom. The molecule has 0 aromatic rings. The van der Waals surface area contributed by atoms with Crippen molar-refractivity contribution in [1.82, 2.24) is 0 Å². The summed E-state index contributed by atoms with van der Waals surface area (Å²) in [5, 5.41) is 0. The van der Waals surface area contributed by atoms with Crippen LogP contribution < -0.4 is 0 Å². The molecule has 0 rings (SSSR count). The van der Waals surface area contributed by atoms with Gasteiger partial charge < -0.3 is 14.2 Å². The Morgan fingerprint density at radius 1 is 0.306 bits per heavy atom. The topological polar surface area (TPSA) is 78.9 Å². The van der Waals surface area contributed by atoms with E-state index in [4.69, 9.17) is 14.2 Å². The molecule has 1 unspecified atom stereocenters. The van der Waals surface area contributed by atoms with E-state index in [-0.39, 0.29) is 31.1 Å². The lowest BCUT2D eigenvalue weighted by Gasteiger charge is -2.18. The van der Waals surface area contributed by atoms with Crippen LogP contribution in [-0.2, 0) is 28.6 Å². The molecule has 0 heterocycles. The van der Waals surface area contributed by atoms with Crippen LogP contribution in [0.2, 0.25) is 0 Å². The normalized spacial score (nSPS) is 12.0. The molecule has 366 valence electrons. The first-order valence-electron chi connectivity index (χ1n) is 27.7. The summed E-state index contributed by atoms with van der Waals surface area (Å²) in [5.74, 6) is -0.862. The molecule has 6 heteroatoms. The molecule has 0 radical (unpaired) electrons. The Hall–Kier alpha value is -1.85. The number of unbranched alkanes of at least 4 members (excludes halogenated alkanes) is 38. The molecule has 0 aromatic heterocycles. The van der Waals surface area contributed by atoms with Crippen molar-refractivity contribution in [2.24, 2.45) is 0 Å². The fraction of sp³-hybridized carbons (Fsp3) is 0.911. The predicted octanol–water partition coefficient (Wildman–Crippen LogP) is 18.2. The molecule has 0 aliphatic carbocycles. The van der Waals surface area contributed by atoms with Crippen molar-refractivity contribution in [1.29, 1.82) is 0 Å². The standard InChI is InChI=1S/C56H106O6/c1-4-7-10-13-16-19-21-23-25-27-28-29-30-32-33-35-37-40-43-46-49-55(58)61-52-53(51-60-54(57)48-45-42-39-18-15-12-9-6-3)62-56(59)50-47-44-41-38-36-34-31-26-24-22-20-17-14-11-8-5-2/h26,31,53H,4-25,27-30,32-52H2,1-3H3/b31-26-. The van der Waals surface area contributed by atoms with E-state index in [1.165, 1.54) is 205 Å². The minimum absolute atomic E-state index is 0.0682. The monoisotopic (exact) mass is 875 g/mol. The van der Waals surface area contributed by atoms with Gasteiger partial charge in [0.2, 0.25) is 0 Å². The summed E-state index contributed by atoms with van der Waals surface area (Å²) in [6.45, 7) is 6.65. The summed E-state index contributed by atoms with van der Waals surface area (Å²) < 4.78 is 16.8. The third kappa shape index (κ3) is 49.2. The van der Waals surface area contributed by atoms with Crippen molar-refractivity contribution in [3.8, 4) is 0 Å². The Balaban J connectivity index is 4.20. The number of hydrogen-bond donors (Lipinski definition) is 0. The van der Waals surface area contributed by atoms with Gasteiger partial charge in [-0.2, -0.15) is 0 Å². The fourth-order valence-corrected chi connectivity index (χ4v) is 8.32. The lowest BCUT2D eigenvalue weighted by Crippen LogP contribution is -2.30. The van der Waals surface area contributed by atoms with Crippen molar-refractivity contribution in [3.63, 3.8) is 0 Å². The fourth-order valence-electron chi connectivity index (χ4n) is 8.32. The van der Waals surface area contributed by atoms with Gasteiger partial charge >= 0.3 is 17.9 Å². The number of carbonyl (C=O) groups is 3. The van der Waals surface area contributed by atoms with Crippen molar-refractivity contribution < 1.29 is 28.6 Å². The molecule has 0 spiro atoms. The lowest BCUT2D eigenvalue weighted by molar-refractivity contribution is -0.167. The predicted molar refractivity (Wildman–Crippen MR) is 266 cm³/mol. The summed E-state index contributed by atoms with van der Waals surface area (Å²) in [5.41, 5.74) is 0. The van der Waals surface area contributed by atoms with Crippen LogP contribution in [0.1, 0.15) is 310 Å². The molecular weight excluding hydrogens is 769 g/mol. The van der Waals surface area contributed by atoms with Crippen LogP contribution in [0.15, 0.2) is 12.2 Å². The smallest absolute Gasteiger partial charge is 0.306 e. The van der Waals surface area contributed by atoms with E-state index < -0.39 is 6.10 Å². The molecule has 0 fully saturated rings. The van der Waals surface area contributed by atoms with Crippen molar-refractivity contribution >= 4 is 17.9 Å². The number of allylic oxidation sites excluding steroid dienone is 2. The average Bonchev–Trinajstić information content (AvgIpc) is 3.27. The van der Waals surface area contributed by atoms with Gasteiger partial charge in [0.25, 0.3) is 0 Å². The second-order valence-corrected chi connectivity index (χ2v) is 18.9. The third-order valence-corrected chi connectivity index (χ3v) is 12.5. The maximum Gasteiger partial charge on any atom is 0.306 e. The van der Waals surface area contributed by atoms with E-state index in [1.54, 1.807) is 0 Å². The van der Waals surface area contributed by atoms with Crippen LogP contribution in [0.25, 0.3) is 0 Å². The number of carbonyl (C=O) groups excluding carboxylic acids is 3.